The van der Waals surface area contributed by atoms with E-state index in [2.05, 4.69) is 16.9 Å². The fourth-order valence-corrected chi connectivity index (χ4v) is 3.67. The molecular weight excluding hydrogens is 366 g/mol. The molecule has 29 heavy (non-hydrogen) atoms. The Hall–Kier alpha value is -3.15. The molecule has 3 aromatic rings. The summed E-state index contributed by atoms with van der Waals surface area (Å²) >= 11 is 0. The number of hydrogen-bond donors (Lipinski definition) is 1. The van der Waals surface area contributed by atoms with Gasteiger partial charge in [0.05, 0.1) is 10.9 Å². The monoisotopic (exact) mass is 391 g/mol. The number of amides is 1. The number of fused-ring (bicyclic) bond motifs is 1. The van der Waals surface area contributed by atoms with E-state index in [0.29, 0.717) is 42.7 Å². The van der Waals surface area contributed by atoms with Gasteiger partial charge in [0.2, 0.25) is 5.91 Å². The maximum Gasteiger partial charge on any atom is 0.258 e. The summed E-state index contributed by atoms with van der Waals surface area (Å²) in [6.07, 6.45) is 2.55. The van der Waals surface area contributed by atoms with Crippen LogP contribution in [0.2, 0.25) is 0 Å². The predicted molar refractivity (Wildman–Crippen MR) is 112 cm³/mol. The summed E-state index contributed by atoms with van der Waals surface area (Å²) in [5.41, 5.74) is 1.71. The van der Waals surface area contributed by atoms with Gasteiger partial charge < -0.3 is 14.6 Å². The number of para-hydroxylation sites is 1. The molecule has 1 fully saturated rings. The highest BCUT2D eigenvalue weighted by atomic mass is 16.5. The number of likely N-dealkylation sites (tertiary alicyclic amines) is 1. The Labute approximate surface area is 169 Å². The third-order valence-corrected chi connectivity index (χ3v) is 5.36. The minimum absolute atomic E-state index is 0.0922. The first kappa shape index (κ1) is 19.2. The number of hydrogen-bond acceptors (Lipinski definition) is 4. The highest BCUT2D eigenvalue weighted by molar-refractivity contribution is 5.78. The van der Waals surface area contributed by atoms with Gasteiger partial charge in [0, 0.05) is 38.8 Å². The first-order valence-electron chi connectivity index (χ1n) is 10.1. The normalized spacial score (nSPS) is 14.9. The van der Waals surface area contributed by atoms with Gasteiger partial charge in [-0.15, -0.1) is 0 Å². The average Bonchev–Trinajstić information content (AvgIpc) is 2.74. The van der Waals surface area contributed by atoms with E-state index in [0.717, 1.165) is 18.6 Å². The second-order valence-electron chi connectivity index (χ2n) is 7.54. The molecule has 0 aliphatic carbocycles. The molecule has 1 aliphatic heterocycles. The van der Waals surface area contributed by atoms with Gasteiger partial charge in [0.15, 0.2) is 0 Å². The molecule has 0 atom stereocenters. The molecule has 6 heteroatoms. The number of H-pyrrole nitrogens is 1. The van der Waals surface area contributed by atoms with Crippen LogP contribution in [0, 0.1) is 6.92 Å². The summed E-state index contributed by atoms with van der Waals surface area (Å²) in [6.45, 7) is 3.44. The lowest BCUT2D eigenvalue weighted by molar-refractivity contribution is -0.133. The lowest BCUT2D eigenvalue weighted by atomic mass is 10.1. The Balaban J connectivity index is 1.29. The number of nitrogens with zero attached hydrogens (tertiary/aromatic N) is 2. The van der Waals surface area contributed by atoms with E-state index in [1.54, 1.807) is 6.07 Å². The molecule has 1 aliphatic rings. The molecular formula is C23H25N3O3. The van der Waals surface area contributed by atoms with Crippen LogP contribution >= 0.6 is 0 Å². The average molecular weight is 391 g/mol. The SMILES string of the molecule is Cc1ccc(OC2CCN(C(=O)CCc3nc4ccccc4c(=O)[nH]3)CC2)cc1. The van der Waals surface area contributed by atoms with Crippen LogP contribution in [-0.2, 0) is 11.2 Å². The van der Waals surface area contributed by atoms with Gasteiger partial charge in [0.1, 0.15) is 17.7 Å². The number of piperidine rings is 1. The number of rotatable bonds is 5. The van der Waals surface area contributed by atoms with Crippen LogP contribution < -0.4 is 10.3 Å². The van der Waals surface area contributed by atoms with Gasteiger partial charge in [-0.05, 0) is 31.2 Å². The number of carbonyl (C=O) groups is 1. The van der Waals surface area contributed by atoms with E-state index in [1.165, 1.54) is 5.56 Å². The number of carbonyl (C=O) groups excluding carboxylic acids is 1. The molecule has 0 bridgehead atoms. The topological polar surface area (TPSA) is 75.3 Å². The third-order valence-electron chi connectivity index (χ3n) is 5.36. The number of benzene rings is 2. The van der Waals surface area contributed by atoms with E-state index in [1.807, 2.05) is 47.4 Å². The van der Waals surface area contributed by atoms with Crippen molar-refractivity contribution >= 4 is 16.8 Å². The summed E-state index contributed by atoms with van der Waals surface area (Å²) in [6, 6.07) is 15.3. The van der Waals surface area contributed by atoms with Gasteiger partial charge in [-0.25, -0.2) is 4.98 Å². The van der Waals surface area contributed by atoms with Crippen molar-refractivity contribution in [3.8, 4) is 5.75 Å². The summed E-state index contributed by atoms with van der Waals surface area (Å²) in [4.78, 5) is 33.9. The van der Waals surface area contributed by atoms with Gasteiger partial charge >= 0.3 is 0 Å². The zero-order chi connectivity index (χ0) is 20.2. The highest BCUT2D eigenvalue weighted by Gasteiger charge is 2.24. The Kier molecular flexibility index (Phi) is 5.60. The Morgan fingerprint density at radius 1 is 1.14 bits per heavy atom. The predicted octanol–water partition coefficient (Wildman–Crippen LogP) is 3.23. The fraction of sp³-hybridized carbons (Fsp3) is 0.348. The van der Waals surface area contributed by atoms with Crippen molar-refractivity contribution in [3.63, 3.8) is 0 Å². The first-order valence-corrected chi connectivity index (χ1v) is 10.1. The first-order chi connectivity index (χ1) is 14.1. The number of nitrogens with one attached hydrogen (secondary N) is 1. The minimum atomic E-state index is -0.160. The molecule has 2 aromatic carbocycles. The van der Waals surface area contributed by atoms with Crippen LogP contribution in [-0.4, -0.2) is 40.0 Å². The fourth-order valence-electron chi connectivity index (χ4n) is 3.67. The largest absolute Gasteiger partial charge is 0.490 e. The van der Waals surface area contributed by atoms with Crippen LogP contribution in [0.15, 0.2) is 53.3 Å². The Bertz CT molecular complexity index is 1050. The quantitative estimate of drug-likeness (QED) is 0.725. The molecule has 150 valence electrons. The summed E-state index contributed by atoms with van der Waals surface area (Å²) in [5.74, 6) is 1.53. The van der Waals surface area contributed by atoms with E-state index < -0.39 is 0 Å². The van der Waals surface area contributed by atoms with E-state index >= 15 is 0 Å². The zero-order valence-corrected chi connectivity index (χ0v) is 16.6. The summed E-state index contributed by atoms with van der Waals surface area (Å²) < 4.78 is 6.03. The molecule has 0 unspecified atom stereocenters. The van der Waals surface area contributed by atoms with Crippen molar-refractivity contribution in [2.45, 2.75) is 38.7 Å². The molecule has 1 N–H and O–H groups in total. The molecule has 2 heterocycles. The van der Waals surface area contributed by atoms with Crippen molar-refractivity contribution in [1.29, 1.82) is 0 Å². The lowest BCUT2D eigenvalue weighted by Gasteiger charge is -2.32. The van der Waals surface area contributed by atoms with Crippen molar-refractivity contribution in [3.05, 3.63) is 70.3 Å². The van der Waals surface area contributed by atoms with Crippen LogP contribution in [0.4, 0.5) is 0 Å². The minimum Gasteiger partial charge on any atom is -0.490 e. The Morgan fingerprint density at radius 3 is 2.62 bits per heavy atom. The lowest BCUT2D eigenvalue weighted by Crippen LogP contribution is -2.41. The van der Waals surface area contributed by atoms with Crippen molar-refractivity contribution in [1.82, 2.24) is 14.9 Å². The van der Waals surface area contributed by atoms with Crippen molar-refractivity contribution < 1.29 is 9.53 Å². The molecule has 4 rings (SSSR count). The van der Waals surface area contributed by atoms with E-state index in [-0.39, 0.29) is 17.6 Å². The van der Waals surface area contributed by atoms with Crippen LogP contribution in [0.25, 0.3) is 10.9 Å². The summed E-state index contributed by atoms with van der Waals surface area (Å²) in [7, 11) is 0. The van der Waals surface area contributed by atoms with Gasteiger partial charge in [-0.1, -0.05) is 29.8 Å². The maximum atomic E-state index is 12.6. The Morgan fingerprint density at radius 2 is 1.86 bits per heavy atom. The molecule has 1 aromatic heterocycles. The van der Waals surface area contributed by atoms with E-state index in [9.17, 15) is 9.59 Å². The third kappa shape index (κ3) is 4.65. The highest BCUT2D eigenvalue weighted by Crippen LogP contribution is 2.20. The summed E-state index contributed by atoms with van der Waals surface area (Å²) in [5, 5.41) is 0.568. The molecule has 0 spiro atoms. The smallest absolute Gasteiger partial charge is 0.258 e. The van der Waals surface area contributed by atoms with Crippen molar-refractivity contribution in [2.75, 3.05) is 13.1 Å². The standard InChI is InChI=1S/C23H25N3O3/c1-16-6-8-17(9-7-16)29-18-12-14-26(15-13-18)22(27)11-10-21-24-20-5-3-2-4-19(20)23(28)25-21/h2-9,18H,10-15H2,1H3,(H,24,25,28). The molecule has 0 saturated carbocycles. The number of aromatic nitrogens is 2. The number of aromatic amines is 1. The molecule has 1 amide bonds. The van der Waals surface area contributed by atoms with Gasteiger partial charge in [-0.3, -0.25) is 9.59 Å². The van der Waals surface area contributed by atoms with Crippen LogP contribution in [0.1, 0.15) is 30.7 Å². The van der Waals surface area contributed by atoms with Crippen molar-refractivity contribution in [2.24, 2.45) is 0 Å². The number of ether oxygens (including phenoxy) is 1. The zero-order valence-electron chi connectivity index (χ0n) is 16.6. The number of aryl methyl sites for hydroxylation is 2. The maximum absolute atomic E-state index is 12.6. The molecule has 1 saturated heterocycles. The van der Waals surface area contributed by atoms with Crippen LogP contribution in [0.5, 0.6) is 5.75 Å². The van der Waals surface area contributed by atoms with Crippen LogP contribution in [0.3, 0.4) is 0 Å². The molecule has 6 nitrogen and oxygen atoms in total. The molecule has 0 radical (unpaired) electrons. The van der Waals surface area contributed by atoms with E-state index in [4.69, 9.17) is 4.74 Å². The second-order valence-corrected chi connectivity index (χ2v) is 7.54. The second kappa shape index (κ2) is 8.47. The van der Waals surface area contributed by atoms with Gasteiger partial charge in [0.25, 0.3) is 5.56 Å². The van der Waals surface area contributed by atoms with Gasteiger partial charge in [-0.2, -0.15) is 0 Å².